The molecule has 5 rings (SSSR count). The predicted octanol–water partition coefficient (Wildman–Crippen LogP) is 4.05. The molecule has 6 nitrogen and oxygen atoms in total. The summed E-state index contributed by atoms with van der Waals surface area (Å²) in [4.78, 5) is 4.23. The van der Waals surface area contributed by atoms with Crippen LogP contribution in [0.4, 0.5) is 13.2 Å². The molecule has 0 radical (unpaired) electrons. The van der Waals surface area contributed by atoms with Crippen LogP contribution in [0, 0.1) is 0 Å². The second-order valence-corrected chi connectivity index (χ2v) is 7.61. The molecule has 1 unspecified atom stereocenters. The second-order valence-electron chi connectivity index (χ2n) is 7.61. The van der Waals surface area contributed by atoms with Gasteiger partial charge in [-0.3, -0.25) is 0 Å². The third-order valence-electron chi connectivity index (χ3n) is 5.59. The van der Waals surface area contributed by atoms with Crippen molar-refractivity contribution in [1.29, 1.82) is 0 Å². The molecule has 158 valence electrons. The number of aryl methyl sites for hydroxylation is 2. The number of aromatic nitrogens is 5. The van der Waals surface area contributed by atoms with E-state index in [1.807, 2.05) is 7.05 Å². The summed E-state index contributed by atoms with van der Waals surface area (Å²) in [6, 6.07) is 10.8. The summed E-state index contributed by atoms with van der Waals surface area (Å²) >= 11 is 0. The van der Waals surface area contributed by atoms with Gasteiger partial charge in [0.15, 0.2) is 5.82 Å². The zero-order valence-corrected chi connectivity index (χ0v) is 16.7. The Hall–Kier alpha value is -3.59. The molecule has 0 spiro atoms. The molecule has 0 bridgehead atoms. The van der Waals surface area contributed by atoms with Gasteiger partial charge in [0.2, 0.25) is 5.60 Å². The third-order valence-corrected chi connectivity index (χ3v) is 5.59. The molecule has 31 heavy (non-hydrogen) atoms. The molecule has 0 saturated heterocycles. The van der Waals surface area contributed by atoms with E-state index in [-0.39, 0.29) is 11.1 Å². The van der Waals surface area contributed by atoms with Gasteiger partial charge >= 0.3 is 6.18 Å². The monoisotopic (exact) mass is 425 g/mol. The van der Waals surface area contributed by atoms with Gasteiger partial charge in [-0.1, -0.05) is 24.3 Å². The fraction of sp³-hybridized carbons (Fsp3) is 0.182. The van der Waals surface area contributed by atoms with Gasteiger partial charge < -0.3 is 14.2 Å². The van der Waals surface area contributed by atoms with Crippen LogP contribution in [-0.4, -0.2) is 35.2 Å². The average molecular weight is 425 g/mol. The van der Waals surface area contributed by atoms with E-state index in [4.69, 9.17) is 0 Å². The minimum absolute atomic E-state index is 0.213. The lowest BCUT2D eigenvalue weighted by Gasteiger charge is -2.31. The van der Waals surface area contributed by atoms with Gasteiger partial charge in [0.05, 0.1) is 18.0 Å². The van der Waals surface area contributed by atoms with Crippen molar-refractivity contribution in [2.75, 3.05) is 0 Å². The molecule has 5 aromatic rings. The Morgan fingerprint density at radius 2 is 1.74 bits per heavy atom. The zero-order valence-electron chi connectivity index (χ0n) is 16.7. The molecule has 2 aromatic carbocycles. The van der Waals surface area contributed by atoms with Gasteiger partial charge in [-0.15, -0.1) is 0 Å². The molecule has 0 aliphatic heterocycles. The fourth-order valence-electron chi connectivity index (χ4n) is 4.05. The van der Waals surface area contributed by atoms with Gasteiger partial charge in [0.25, 0.3) is 0 Å². The van der Waals surface area contributed by atoms with Crippen LogP contribution >= 0.6 is 0 Å². The molecule has 0 saturated carbocycles. The molecular weight excluding hydrogens is 407 g/mol. The van der Waals surface area contributed by atoms with Crippen molar-refractivity contribution in [1.82, 2.24) is 23.9 Å². The van der Waals surface area contributed by atoms with Crippen LogP contribution in [0.2, 0.25) is 0 Å². The van der Waals surface area contributed by atoms with E-state index in [1.54, 1.807) is 57.7 Å². The number of nitrogens with zero attached hydrogens (tertiary/aromatic N) is 5. The highest BCUT2D eigenvalue weighted by Gasteiger charge is 2.57. The molecule has 0 aliphatic carbocycles. The van der Waals surface area contributed by atoms with E-state index in [0.717, 1.165) is 0 Å². The van der Waals surface area contributed by atoms with Gasteiger partial charge in [0, 0.05) is 48.3 Å². The molecule has 0 amide bonds. The number of halogens is 3. The van der Waals surface area contributed by atoms with Crippen molar-refractivity contribution in [2.24, 2.45) is 14.1 Å². The molecule has 1 atom stereocenters. The Balaban J connectivity index is 1.73. The van der Waals surface area contributed by atoms with Crippen LogP contribution in [0.25, 0.3) is 27.6 Å². The first kappa shape index (κ1) is 19.4. The second kappa shape index (κ2) is 6.45. The Bertz CT molecular complexity index is 1430. The van der Waals surface area contributed by atoms with Crippen molar-refractivity contribution in [3.05, 3.63) is 78.5 Å². The molecule has 3 heterocycles. The molecule has 1 N–H and O–H groups in total. The van der Waals surface area contributed by atoms with Crippen LogP contribution in [0.3, 0.4) is 0 Å². The normalized spacial score (nSPS) is 14.4. The van der Waals surface area contributed by atoms with Crippen LogP contribution in [0.1, 0.15) is 11.1 Å². The van der Waals surface area contributed by atoms with Crippen LogP contribution < -0.4 is 0 Å². The summed E-state index contributed by atoms with van der Waals surface area (Å²) in [5.41, 5.74) is -2.48. The minimum atomic E-state index is -4.94. The average Bonchev–Trinajstić information content (AvgIpc) is 3.43. The maximum atomic E-state index is 14.4. The van der Waals surface area contributed by atoms with Crippen LogP contribution in [0.5, 0.6) is 0 Å². The van der Waals surface area contributed by atoms with Gasteiger partial charge in [-0.25, -0.2) is 9.67 Å². The maximum absolute atomic E-state index is 14.4. The van der Waals surface area contributed by atoms with Crippen molar-refractivity contribution < 1.29 is 18.3 Å². The van der Waals surface area contributed by atoms with Crippen molar-refractivity contribution >= 4 is 21.8 Å². The molecular formula is C22H18F3N5O. The number of hydrogen-bond acceptors (Lipinski definition) is 3. The molecule has 9 heteroatoms. The molecule has 3 aromatic heterocycles. The van der Waals surface area contributed by atoms with E-state index in [2.05, 4.69) is 10.1 Å². The Kier molecular flexibility index (Phi) is 4.03. The largest absolute Gasteiger partial charge is 0.425 e. The zero-order chi connectivity index (χ0) is 22.0. The number of para-hydroxylation sites is 1. The minimum Gasteiger partial charge on any atom is -0.372 e. The predicted molar refractivity (Wildman–Crippen MR) is 110 cm³/mol. The number of rotatable bonds is 3. The quantitative estimate of drug-likeness (QED) is 0.475. The maximum Gasteiger partial charge on any atom is 0.425 e. The first-order chi connectivity index (χ1) is 14.7. The van der Waals surface area contributed by atoms with Crippen LogP contribution in [0.15, 0.2) is 67.4 Å². The lowest BCUT2D eigenvalue weighted by molar-refractivity contribution is -0.247. The van der Waals surface area contributed by atoms with E-state index in [0.29, 0.717) is 27.6 Å². The Labute approximate surface area is 174 Å². The van der Waals surface area contributed by atoms with Crippen molar-refractivity contribution in [3.8, 4) is 5.82 Å². The first-order valence-electron chi connectivity index (χ1n) is 9.50. The summed E-state index contributed by atoms with van der Waals surface area (Å²) in [5, 5.41) is 16.3. The summed E-state index contributed by atoms with van der Waals surface area (Å²) in [5.74, 6) is 0.547. The number of hydrogen-bond donors (Lipinski definition) is 1. The summed E-state index contributed by atoms with van der Waals surface area (Å²) < 4.78 is 48.1. The highest BCUT2D eigenvalue weighted by Crippen LogP contribution is 2.47. The Morgan fingerprint density at radius 3 is 2.45 bits per heavy atom. The van der Waals surface area contributed by atoms with Crippen LogP contribution in [-0.2, 0) is 19.7 Å². The summed E-state index contributed by atoms with van der Waals surface area (Å²) in [6.07, 6.45) is 1.22. The number of fused-ring (bicyclic) bond motifs is 2. The number of alkyl halides is 3. The third kappa shape index (κ3) is 2.77. The lowest BCUT2D eigenvalue weighted by atomic mass is 9.85. The van der Waals surface area contributed by atoms with E-state index >= 15 is 0 Å². The highest BCUT2D eigenvalue weighted by atomic mass is 19.4. The number of imidazole rings is 1. The lowest BCUT2D eigenvalue weighted by Crippen LogP contribution is -2.43. The van der Waals surface area contributed by atoms with E-state index in [1.165, 1.54) is 30.6 Å². The number of aliphatic hydroxyl groups is 1. The summed E-state index contributed by atoms with van der Waals surface area (Å²) in [6.45, 7) is 0. The topological polar surface area (TPSA) is 60.8 Å². The van der Waals surface area contributed by atoms with Crippen molar-refractivity contribution in [3.63, 3.8) is 0 Å². The standard InChI is InChI=1S/C22H18F3N5O/c1-28-12-20(26-13-28)30-18-8-7-15(9-14(18)10-27-30)21(31,22(23,24)25)17-11-29(2)19-6-4-3-5-16(17)19/h3-13,31H,1-2H3. The molecule has 0 fully saturated rings. The van der Waals surface area contributed by atoms with E-state index < -0.39 is 11.8 Å². The first-order valence-corrected chi connectivity index (χ1v) is 9.50. The highest BCUT2D eigenvalue weighted by molar-refractivity contribution is 5.86. The Morgan fingerprint density at radius 1 is 0.968 bits per heavy atom. The van der Waals surface area contributed by atoms with E-state index in [9.17, 15) is 18.3 Å². The SMILES string of the molecule is Cn1cnc(-n2ncc3cc(C(O)(c4cn(C)c5ccccc45)C(F)(F)F)ccc32)c1. The van der Waals surface area contributed by atoms with Gasteiger partial charge in [0.1, 0.15) is 0 Å². The van der Waals surface area contributed by atoms with Gasteiger partial charge in [-0.2, -0.15) is 18.3 Å². The number of benzene rings is 2. The molecule has 0 aliphatic rings. The van der Waals surface area contributed by atoms with Crippen molar-refractivity contribution in [2.45, 2.75) is 11.8 Å². The van der Waals surface area contributed by atoms with Gasteiger partial charge in [-0.05, 0) is 23.8 Å². The smallest absolute Gasteiger partial charge is 0.372 e. The fourth-order valence-corrected chi connectivity index (χ4v) is 4.05. The summed E-state index contributed by atoms with van der Waals surface area (Å²) in [7, 11) is 3.47.